The minimum absolute atomic E-state index is 0.0556. The monoisotopic (exact) mass is 979 g/mol. The molecule has 2 unspecified atom stereocenters. The molecule has 0 spiro atoms. The molecule has 0 aromatic carbocycles. The topological polar surface area (TPSA) is 120 Å². The highest BCUT2D eigenvalue weighted by atomic mass is 16.5. The predicted octanol–water partition coefficient (Wildman–Crippen LogP) is 17.2. The fourth-order valence-corrected chi connectivity index (χ4v) is 1.72. The van der Waals surface area contributed by atoms with Crippen LogP contribution in [0, 0.1) is 57.2 Å². The van der Waals surface area contributed by atoms with Crippen molar-refractivity contribution in [2.24, 2.45) is 57.2 Å². The average molecular weight is 980 g/mol. The minimum atomic E-state index is -0.311. The van der Waals surface area contributed by atoms with E-state index in [1.807, 2.05) is 90.0 Å². The van der Waals surface area contributed by atoms with Gasteiger partial charge in [0.15, 0.2) is 0 Å². The number of hydrogen-bond donors (Lipinski definition) is 2. The van der Waals surface area contributed by atoms with Gasteiger partial charge in [-0.25, -0.2) is 0 Å². The second-order valence-corrected chi connectivity index (χ2v) is 22.7. The molecule has 0 bridgehead atoms. The van der Waals surface area contributed by atoms with Crippen LogP contribution in [0.2, 0.25) is 0 Å². The van der Waals surface area contributed by atoms with E-state index in [1.165, 1.54) is 32.6 Å². The second kappa shape index (κ2) is 53.9. The zero-order chi connectivity index (χ0) is 57.4. The van der Waals surface area contributed by atoms with Crippen LogP contribution in [0.4, 0.5) is 0 Å². The molecular weight excluding hydrogens is 849 g/mol. The summed E-state index contributed by atoms with van der Waals surface area (Å²) in [5.41, 5.74) is 1.91. The molecule has 9 nitrogen and oxygen atoms in total. The molecular formula is C59H130N2O7. The van der Waals surface area contributed by atoms with Crippen molar-refractivity contribution in [1.82, 2.24) is 10.6 Å². The Bertz CT molecular complexity index is 1060. The molecule has 0 saturated carbocycles. The van der Waals surface area contributed by atoms with Gasteiger partial charge in [-0.1, -0.05) is 191 Å². The average Bonchev–Trinajstić information content (AvgIpc) is 3.28. The molecule has 0 aliphatic heterocycles. The number of allylic oxidation sites excluding steroid dienone is 2. The number of ether oxygens (including phenoxy) is 3. The Morgan fingerprint density at radius 3 is 0.882 bits per heavy atom. The van der Waals surface area contributed by atoms with Gasteiger partial charge in [-0.3, -0.25) is 19.2 Å². The lowest BCUT2D eigenvalue weighted by atomic mass is 9.84. The molecule has 9 heteroatoms. The molecule has 0 aliphatic rings. The lowest BCUT2D eigenvalue weighted by molar-refractivity contribution is -0.151. The zero-order valence-electron chi connectivity index (χ0n) is 53.2. The van der Waals surface area contributed by atoms with Gasteiger partial charge in [0.25, 0.3) is 0 Å². The number of nitrogens with one attached hydrogen (secondary N) is 2. The first-order valence-corrected chi connectivity index (χ1v) is 26.2. The van der Waals surface area contributed by atoms with Crippen molar-refractivity contribution < 1.29 is 33.4 Å². The Morgan fingerprint density at radius 1 is 0.529 bits per heavy atom. The predicted molar refractivity (Wildman–Crippen MR) is 305 cm³/mol. The van der Waals surface area contributed by atoms with Crippen molar-refractivity contribution >= 4 is 23.8 Å². The third-order valence-corrected chi connectivity index (χ3v) is 11.9. The summed E-state index contributed by atoms with van der Waals surface area (Å²) < 4.78 is 13.8. The van der Waals surface area contributed by atoms with Gasteiger partial charge in [0.1, 0.15) is 0 Å². The van der Waals surface area contributed by atoms with Crippen molar-refractivity contribution in [2.45, 2.75) is 259 Å². The van der Waals surface area contributed by atoms with Crippen molar-refractivity contribution in [3.8, 4) is 0 Å². The first-order chi connectivity index (χ1) is 30.5. The van der Waals surface area contributed by atoms with Crippen LogP contribution in [-0.2, 0) is 33.4 Å². The molecule has 68 heavy (non-hydrogen) atoms. The third kappa shape index (κ3) is 83.6. The Labute approximate surface area is 429 Å². The number of carbonyl (C=O) groups is 4. The van der Waals surface area contributed by atoms with Crippen molar-refractivity contribution in [3.63, 3.8) is 0 Å². The van der Waals surface area contributed by atoms with Gasteiger partial charge in [0.05, 0.1) is 31.7 Å². The summed E-state index contributed by atoms with van der Waals surface area (Å²) in [5.74, 6) is 3.60. The molecule has 0 aromatic rings. The van der Waals surface area contributed by atoms with Crippen LogP contribution in [0.1, 0.15) is 253 Å². The smallest absolute Gasteiger partial charge is 0.311 e. The van der Waals surface area contributed by atoms with Gasteiger partial charge in [0.2, 0.25) is 11.8 Å². The third-order valence-electron chi connectivity index (χ3n) is 11.9. The Kier molecular flexibility index (Phi) is 70.2. The first kappa shape index (κ1) is 88.5. The van der Waals surface area contributed by atoms with Crippen molar-refractivity contribution in [1.29, 1.82) is 0 Å². The van der Waals surface area contributed by atoms with Crippen LogP contribution in [0.5, 0.6) is 0 Å². The number of rotatable bonds is 11. The van der Waals surface area contributed by atoms with Gasteiger partial charge < -0.3 is 24.8 Å². The molecule has 418 valence electrons. The molecule has 2 amide bonds. The SMILES string of the molecule is CC(C)C(C)(C)C.CC(C)C(C)C.CC=C(C)C.CCC(C)(C)C.CCC(C)(C)C(=O)NC.CCC(C)(C)C(=O)OC.CCC(C)C.CCC(C)C(=O)NC.CCC(C)C(=O)OC.COC(C)C. The summed E-state index contributed by atoms with van der Waals surface area (Å²) in [7, 11) is 7.85. The number of esters is 2. The van der Waals surface area contributed by atoms with E-state index in [-0.39, 0.29) is 46.4 Å². The van der Waals surface area contributed by atoms with E-state index in [9.17, 15) is 19.2 Å². The van der Waals surface area contributed by atoms with Crippen molar-refractivity contribution in [3.05, 3.63) is 11.6 Å². The summed E-state index contributed by atoms with van der Waals surface area (Å²) in [6.07, 6.45) is 8.51. The first-order valence-electron chi connectivity index (χ1n) is 26.2. The van der Waals surface area contributed by atoms with Crippen LogP contribution in [0.15, 0.2) is 11.6 Å². The highest BCUT2D eigenvalue weighted by Gasteiger charge is 2.25. The number of carbonyl (C=O) groups excluding carboxylic acids is 4. The largest absolute Gasteiger partial charge is 0.469 e. The molecule has 0 saturated heterocycles. The van der Waals surface area contributed by atoms with E-state index in [0.29, 0.717) is 16.9 Å². The lowest BCUT2D eigenvalue weighted by Crippen LogP contribution is -2.33. The van der Waals surface area contributed by atoms with Gasteiger partial charge in [-0.15, -0.1) is 0 Å². The van der Waals surface area contributed by atoms with E-state index >= 15 is 0 Å². The van der Waals surface area contributed by atoms with Crippen LogP contribution in [0.25, 0.3) is 0 Å². The number of methoxy groups -OCH3 is 3. The maximum absolute atomic E-state index is 11.0. The summed E-state index contributed by atoms with van der Waals surface area (Å²) in [6.45, 7) is 65.4. The Hall–Kier alpha value is -2.42. The van der Waals surface area contributed by atoms with Crippen LogP contribution < -0.4 is 10.6 Å². The van der Waals surface area contributed by atoms with E-state index in [2.05, 4.69) is 151 Å². The Balaban J connectivity index is -0.0000000692. The van der Waals surface area contributed by atoms with E-state index in [4.69, 9.17) is 4.74 Å². The molecule has 2 atom stereocenters. The summed E-state index contributed by atoms with van der Waals surface area (Å²) in [6, 6.07) is 0. The highest BCUT2D eigenvalue weighted by Crippen LogP contribution is 2.24. The van der Waals surface area contributed by atoms with Crippen molar-refractivity contribution in [2.75, 3.05) is 35.4 Å². The standard InChI is InChI=1S/C7H15NO.C7H14O2.C7H16.C6H13NO.C6H12O2.2C6H14.C5H12.C5H10.C4H10O/c1-5-7(2,3)6(9)8-4;1-5-7(2,3)6(8)9-4;1-6(2)7(3,4)5;1-4-5(2)6(8)7-3;1-4-5(2)6(7)8-3;1-5-6(2,3)4;1-5(2)6(3)4;2*1-4-5(2)3;1-4(2)5-3/h5H2,1-4H3,(H,8,9);5H2,1-4H3;6H,1-5H3;5H,4H2,1-3H3,(H,7,8);5H,4H2,1-3H3;5H2,1-4H3;5-6H,1-4H3;5H,4H2,1-3H3;2*4H,1-3H3. The maximum Gasteiger partial charge on any atom is 0.311 e. The van der Waals surface area contributed by atoms with Gasteiger partial charge >= 0.3 is 11.9 Å². The molecule has 0 heterocycles. The van der Waals surface area contributed by atoms with E-state index in [1.54, 1.807) is 21.2 Å². The van der Waals surface area contributed by atoms with Crippen LogP contribution in [0.3, 0.4) is 0 Å². The Morgan fingerprint density at radius 2 is 0.824 bits per heavy atom. The fraction of sp³-hybridized carbons (Fsp3) is 0.898. The summed E-state index contributed by atoms with van der Waals surface area (Å²) in [4.78, 5) is 42.9. The molecule has 0 rings (SSSR count). The minimum Gasteiger partial charge on any atom is -0.469 e. The number of hydrogen-bond acceptors (Lipinski definition) is 7. The maximum atomic E-state index is 11.0. The highest BCUT2D eigenvalue weighted by molar-refractivity contribution is 5.81. The van der Waals surface area contributed by atoms with Crippen LogP contribution in [-0.4, -0.2) is 65.3 Å². The molecule has 0 aliphatic carbocycles. The summed E-state index contributed by atoms with van der Waals surface area (Å²) in [5, 5.41) is 5.19. The van der Waals surface area contributed by atoms with E-state index in [0.717, 1.165) is 49.4 Å². The van der Waals surface area contributed by atoms with Gasteiger partial charge in [-0.2, -0.15) is 0 Å². The van der Waals surface area contributed by atoms with Crippen LogP contribution >= 0.6 is 0 Å². The molecule has 0 aromatic heterocycles. The zero-order valence-corrected chi connectivity index (χ0v) is 53.2. The quantitative estimate of drug-likeness (QED) is 0.156. The normalized spacial score (nSPS) is 11.2. The lowest BCUT2D eigenvalue weighted by Gasteiger charge is -2.22. The second-order valence-electron chi connectivity index (χ2n) is 22.7. The molecule has 0 fully saturated rings. The summed E-state index contributed by atoms with van der Waals surface area (Å²) >= 11 is 0. The molecule has 2 N–H and O–H groups in total. The van der Waals surface area contributed by atoms with E-state index < -0.39 is 0 Å². The fourth-order valence-electron chi connectivity index (χ4n) is 1.72. The number of amides is 2. The van der Waals surface area contributed by atoms with Gasteiger partial charge in [0, 0.05) is 32.5 Å². The van der Waals surface area contributed by atoms with Gasteiger partial charge in [-0.05, 0) is 109 Å². The molecule has 0 radical (unpaired) electrons.